The number of methoxy groups -OCH3 is 2. The third kappa shape index (κ3) is 4.72. The van der Waals surface area contributed by atoms with Crippen LogP contribution in [0, 0.1) is 6.92 Å². The van der Waals surface area contributed by atoms with E-state index in [2.05, 4.69) is 14.7 Å². The number of fused-ring (bicyclic) bond motifs is 2. The SMILES string of the molecule is COC(=O)c1cc(C)nc2ccccc12.COC(=O)c1cc(C=O)nc2ccccc12. The number of benzene rings is 2. The van der Waals surface area contributed by atoms with Crippen LogP contribution in [-0.4, -0.2) is 42.4 Å². The smallest absolute Gasteiger partial charge is 0.338 e. The second kappa shape index (κ2) is 9.58. The van der Waals surface area contributed by atoms with Crippen LogP contribution in [-0.2, 0) is 9.47 Å². The van der Waals surface area contributed by atoms with Crippen LogP contribution < -0.4 is 0 Å². The molecule has 0 atom stereocenters. The molecule has 2 aromatic heterocycles. The summed E-state index contributed by atoms with van der Waals surface area (Å²) in [6.07, 6.45) is 0.610. The van der Waals surface area contributed by atoms with Crippen molar-refractivity contribution in [3.8, 4) is 0 Å². The van der Waals surface area contributed by atoms with Gasteiger partial charge in [-0.05, 0) is 31.2 Å². The zero-order valence-electron chi connectivity index (χ0n) is 17.3. The predicted octanol–water partition coefficient (Wildman–Crippen LogP) is 4.16. The maximum Gasteiger partial charge on any atom is 0.338 e. The van der Waals surface area contributed by atoms with E-state index in [-0.39, 0.29) is 11.7 Å². The van der Waals surface area contributed by atoms with E-state index in [1.165, 1.54) is 20.3 Å². The minimum atomic E-state index is -0.471. The summed E-state index contributed by atoms with van der Waals surface area (Å²) < 4.78 is 9.39. The van der Waals surface area contributed by atoms with Crippen molar-refractivity contribution in [3.05, 3.63) is 83.2 Å². The van der Waals surface area contributed by atoms with Crippen LogP contribution in [0.3, 0.4) is 0 Å². The highest BCUT2D eigenvalue weighted by Gasteiger charge is 2.13. The van der Waals surface area contributed by atoms with E-state index in [1.54, 1.807) is 30.3 Å². The van der Waals surface area contributed by atoms with Gasteiger partial charge >= 0.3 is 11.9 Å². The summed E-state index contributed by atoms with van der Waals surface area (Å²) in [5, 5.41) is 1.51. The van der Waals surface area contributed by atoms with E-state index in [4.69, 9.17) is 4.74 Å². The number of rotatable bonds is 3. The maximum atomic E-state index is 11.5. The zero-order valence-corrected chi connectivity index (χ0v) is 17.3. The molecule has 0 bridgehead atoms. The van der Waals surface area contributed by atoms with Crippen molar-refractivity contribution in [2.75, 3.05) is 14.2 Å². The lowest BCUT2D eigenvalue weighted by Crippen LogP contribution is -2.04. The first-order valence-corrected chi connectivity index (χ1v) is 9.36. The van der Waals surface area contributed by atoms with Gasteiger partial charge in [0, 0.05) is 16.5 Å². The van der Waals surface area contributed by atoms with E-state index in [0.717, 1.165) is 16.6 Å². The number of carbonyl (C=O) groups is 3. The fraction of sp³-hybridized carbons (Fsp3) is 0.125. The van der Waals surface area contributed by atoms with Crippen LogP contribution in [0.1, 0.15) is 36.9 Å². The van der Waals surface area contributed by atoms with E-state index in [1.807, 2.05) is 31.2 Å². The Hall–Kier alpha value is -4.13. The molecule has 2 aromatic carbocycles. The van der Waals surface area contributed by atoms with Gasteiger partial charge in [-0.3, -0.25) is 9.78 Å². The highest BCUT2D eigenvalue weighted by atomic mass is 16.5. The number of aryl methyl sites for hydroxylation is 1. The number of hydrogen-bond donors (Lipinski definition) is 0. The van der Waals surface area contributed by atoms with Gasteiger partial charge in [0.05, 0.1) is 36.4 Å². The molecule has 7 nitrogen and oxygen atoms in total. The van der Waals surface area contributed by atoms with Crippen molar-refractivity contribution >= 4 is 40.0 Å². The Balaban J connectivity index is 0.000000176. The van der Waals surface area contributed by atoms with Crippen LogP contribution in [0.5, 0.6) is 0 Å². The Morgan fingerprint density at radius 3 is 1.77 bits per heavy atom. The molecule has 0 fully saturated rings. The summed E-state index contributed by atoms with van der Waals surface area (Å²) in [6, 6.07) is 17.8. The van der Waals surface area contributed by atoms with Gasteiger partial charge in [-0.2, -0.15) is 0 Å². The van der Waals surface area contributed by atoms with Gasteiger partial charge in [0.15, 0.2) is 6.29 Å². The molecule has 7 heteroatoms. The molecule has 0 spiro atoms. The van der Waals surface area contributed by atoms with Gasteiger partial charge in [0.1, 0.15) is 5.69 Å². The lowest BCUT2D eigenvalue weighted by Gasteiger charge is -2.05. The number of carbonyl (C=O) groups excluding carboxylic acids is 3. The Morgan fingerprint density at radius 2 is 1.26 bits per heavy atom. The molecule has 0 N–H and O–H groups in total. The van der Waals surface area contributed by atoms with E-state index in [0.29, 0.717) is 28.3 Å². The molecule has 0 radical (unpaired) electrons. The third-order valence-corrected chi connectivity index (χ3v) is 4.51. The highest BCUT2D eigenvalue weighted by Crippen LogP contribution is 2.19. The molecule has 0 saturated heterocycles. The van der Waals surface area contributed by atoms with Crippen LogP contribution in [0.15, 0.2) is 60.7 Å². The quantitative estimate of drug-likeness (QED) is 0.365. The first-order valence-electron chi connectivity index (χ1n) is 9.36. The molecular formula is C24H20N2O5. The molecule has 2 heterocycles. The number of para-hydroxylation sites is 2. The number of ether oxygens (including phenoxy) is 2. The predicted molar refractivity (Wildman–Crippen MR) is 116 cm³/mol. The van der Waals surface area contributed by atoms with Crippen molar-refractivity contribution in [1.82, 2.24) is 9.97 Å². The topological polar surface area (TPSA) is 95.5 Å². The number of aldehydes is 1. The number of nitrogens with zero attached hydrogens (tertiary/aromatic N) is 2. The van der Waals surface area contributed by atoms with Gasteiger partial charge in [0.25, 0.3) is 0 Å². The Labute approximate surface area is 178 Å². The fourth-order valence-electron chi connectivity index (χ4n) is 3.12. The average molecular weight is 416 g/mol. The average Bonchev–Trinajstić information content (AvgIpc) is 2.82. The summed E-state index contributed by atoms with van der Waals surface area (Å²) in [7, 11) is 2.69. The molecule has 0 aliphatic rings. The van der Waals surface area contributed by atoms with Gasteiger partial charge in [-0.1, -0.05) is 36.4 Å². The van der Waals surface area contributed by atoms with Crippen LogP contribution >= 0.6 is 0 Å². The highest BCUT2D eigenvalue weighted by molar-refractivity contribution is 6.05. The van der Waals surface area contributed by atoms with Gasteiger partial charge in [-0.25, -0.2) is 14.6 Å². The molecule has 31 heavy (non-hydrogen) atoms. The lowest BCUT2D eigenvalue weighted by molar-refractivity contribution is 0.0594. The summed E-state index contributed by atoms with van der Waals surface area (Å²) in [6.45, 7) is 1.86. The summed E-state index contributed by atoms with van der Waals surface area (Å²) in [5.74, 6) is -0.793. The van der Waals surface area contributed by atoms with Crippen molar-refractivity contribution in [2.24, 2.45) is 0 Å². The van der Waals surface area contributed by atoms with Gasteiger partial charge in [-0.15, -0.1) is 0 Å². The number of pyridine rings is 2. The molecule has 0 aliphatic carbocycles. The zero-order chi connectivity index (χ0) is 22.4. The first kappa shape index (κ1) is 21.6. The molecule has 0 unspecified atom stereocenters. The Kier molecular flexibility index (Phi) is 6.67. The van der Waals surface area contributed by atoms with E-state index in [9.17, 15) is 14.4 Å². The van der Waals surface area contributed by atoms with E-state index >= 15 is 0 Å². The number of hydrogen-bond acceptors (Lipinski definition) is 7. The van der Waals surface area contributed by atoms with Crippen molar-refractivity contribution < 1.29 is 23.9 Å². The van der Waals surface area contributed by atoms with Crippen molar-refractivity contribution in [1.29, 1.82) is 0 Å². The van der Waals surface area contributed by atoms with Gasteiger partial charge < -0.3 is 9.47 Å². The molecule has 0 saturated carbocycles. The lowest BCUT2D eigenvalue weighted by atomic mass is 10.1. The summed E-state index contributed by atoms with van der Waals surface area (Å²) in [4.78, 5) is 42.2. The second-order valence-electron chi connectivity index (χ2n) is 6.54. The summed E-state index contributed by atoms with van der Waals surface area (Å²) >= 11 is 0. The van der Waals surface area contributed by atoms with E-state index < -0.39 is 5.97 Å². The molecule has 4 rings (SSSR count). The molecule has 156 valence electrons. The standard InChI is InChI=1S/C12H9NO3.C12H11NO2/c1-16-12(15)10-6-8(7-14)13-11-5-3-2-4-9(10)11;1-8-7-10(12(14)15-2)9-5-3-4-6-11(9)13-8/h2-7H,1H3;3-7H,1-2H3. The molecule has 4 aromatic rings. The minimum Gasteiger partial charge on any atom is -0.465 e. The second-order valence-corrected chi connectivity index (χ2v) is 6.54. The number of aromatic nitrogens is 2. The first-order chi connectivity index (χ1) is 15.0. The van der Waals surface area contributed by atoms with Crippen molar-refractivity contribution in [3.63, 3.8) is 0 Å². The molecule has 0 amide bonds. The maximum absolute atomic E-state index is 11.5. The minimum absolute atomic E-state index is 0.221. The monoisotopic (exact) mass is 416 g/mol. The van der Waals surface area contributed by atoms with Crippen LogP contribution in [0.4, 0.5) is 0 Å². The fourth-order valence-corrected chi connectivity index (χ4v) is 3.12. The Bertz CT molecular complexity index is 1280. The normalized spacial score (nSPS) is 10.2. The van der Waals surface area contributed by atoms with Gasteiger partial charge in [0.2, 0.25) is 0 Å². The largest absolute Gasteiger partial charge is 0.465 e. The van der Waals surface area contributed by atoms with Crippen molar-refractivity contribution in [2.45, 2.75) is 6.92 Å². The molecular weight excluding hydrogens is 396 g/mol. The van der Waals surface area contributed by atoms with Crippen LogP contribution in [0.25, 0.3) is 21.8 Å². The van der Waals surface area contributed by atoms with Crippen LogP contribution in [0.2, 0.25) is 0 Å². The third-order valence-electron chi connectivity index (χ3n) is 4.51. The Morgan fingerprint density at radius 1 is 0.774 bits per heavy atom. The number of esters is 2. The molecule has 0 aliphatic heterocycles. The summed E-state index contributed by atoms with van der Waals surface area (Å²) in [5.41, 5.74) is 3.38.